The molecule has 0 aromatic heterocycles. The zero-order valence-electron chi connectivity index (χ0n) is 20.5. The maximum absolute atomic E-state index is 10.9. The van der Waals surface area contributed by atoms with Gasteiger partial charge in [-0.3, -0.25) is 0 Å². The molecule has 0 unspecified atom stereocenters. The SMILES string of the molecule is Cc1ccc(Cc2cc(C3(c4ccc(O)c(C)c4)c4ccccc4-c4ccccc43)ccc2O)cc1. The summed E-state index contributed by atoms with van der Waals surface area (Å²) in [5.74, 6) is 0.593. The van der Waals surface area contributed by atoms with Crippen molar-refractivity contribution >= 4 is 0 Å². The Balaban J connectivity index is 1.64. The van der Waals surface area contributed by atoms with Crippen LogP contribution in [-0.2, 0) is 11.8 Å². The van der Waals surface area contributed by atoms with Crippen molar-refractivity contribution in [3.05, 3.63) is 154 Å². The smallest absolute Gasteiger partial charge is 0.119 e. The molecule has 5 aromatic carbocycles. The van der Waals surface area contributed by atoms with Gasteiger partial charge in [0.05, 0.1) is 5.41 Å². The Morgan fingerprint density at radius 2 is 1.14 bits per heavy atom. The summed E-state index contributed by atoms with van der Waals surface area (Å²) in [6.07, 6.45) is 0.647. The quantitative estimate of drug-likeness (QED) is 0.279. The van der Waals surface area contributed by atoms with Crippen molar-refractivity contribution in [3.63, 3.8) is 0 Å². The number of hydrogen-bond donors (Lipinski definition) is 2. The Morgan fingerprint density at radius 1 is 0.583 bits per heavy atom. The van der Waals surface area contributed by atoms with Crippen LogP contribution in [0.15, 0.2) is 109 Å². The Bertz CT molecular complexity index is 1550. The van der Waals surface area contributed by atoms with E-state index in [-0.39, 0.29) is 0 Å². The first-order valence-corrected chi connectivity index (χ1v) is 12.4. The van der Waals surface area contributed by atoms with Crippen LogP contribution in [0.5, 0.6) is 11.5 Å². The van der Waals surface area contributed by atoms with Gasteiger partial charge in [0, 0.05) is 6.42 Å². The summed E-state index contributed by atoms with van der Waals surface area (Å²) in [7, 11) is 0. The average molecular weight is 469 g/mol. The van der Waals surface area contributed by atoms with Gasteiger partial charge < -0.3 is 10.2 Å². The number of hydrogen-bond acceptors (Lipinski definition) is 2. The summed E-state index contributed by atoms with van der Waals surface area (Å²) in [6.45, 7) is 4.03. The molecule has 0 saturated carbocycles. The normalized spacial score (nSPS) is 13.3. The monoisotopic (exact) mass is 468 g/mol. The first-order chi connectivity index (χ1) is 17.5. The molecule has 5 aromatic rings. The molecular formula is C34H28O2. The van der Waals surface area contributed by atoms with E-state index in [1.54, 1.807) is 6.07 Å². The Morgan fingerprint density at radius 3 is 1.75 bits per heavy atom. The molecular weight excluding hydrogens is 440 g/mol. The maximum Gasteiger partial charge on any atom is 0.119 e. The van der Waals surface area contributed by atoms with Crippen LogP contribution in [0.25, 0.3) is 11.1 Å². The summed E-state index contributed by atoms with van der Waals surface area (Å²) in [6, 6.07) is 37.6. The van der Waals surface area contributed by atoms with Crippen LogP contribution in [0.1, 0.15) is 44.5 Å². The molecule has 0 fully saturated rings. The van der Waals surface area contributed by atoms with Crippen molar-refractivity contribution in [1.82, 2.24) is 0 Å². The molecule has 1 aliphatic carbocycles. The van der Waals surface area contributed by atoms with Gasteiger partial charge in [-0.1, -0.05) is 103 Å². The predicted molar refractivity (Wildman–Crippen MR) is 146 cm³/mol. The van der Waals surface area contributed by atoms with E-state index in [1.165, 1.54) is 27.8 Å². The summed E-state index contributed by atoms with van der Waals surface area (Å²) in [4.78, 5) is 0. The fraction of sp³-hybridized carbons (Fsp3) is 0.118. The molecule has 0 heterocycles. The van der Waals surface area contributed by atoms with E-state index in [9.17, 15) is 10.2 Å². The highest BCUT2D eigenvalue weighted by Crippen LogP contribution is 2.56. The fourth-order valence-corrected chi connectivity index (χ4v) is 5.80. The molecule has 0 aliphatic heterocycles. The number of phenols is 2. The van der Waals surface area contributed by atoms with Gasteiger partial charge in [-0.15, -0.1) is 0 Å². The zero-order chi connectivity index (χ0) is 24.9. The van der Waals surface area contributed by atoms with Crippen LogP contribution in [0, 0.1) is 13.8 Å². The molecule has 2 heteroatoms. The van der Waals surface area contributed by atoms with E-state index >= 15 is 0 Å². The number of aromatic hydroxyl groups is 2. The second kappa shape index (κ2) is 8.42. The maximum atomic E-state index is 10.9. The summed E-state index contributed by atoms with van der Waals surface area (Å²) in [5.41, 5.74) is 10.6. The standard InChI is InChI=1S/C34H28O2/c1-22-11-13-24(14-12-22)20-25-21-27(16-18-33(25)36)34(26-15-17-32(35)23(2)19-26)30-9-5-3-7-28(30)29-8-4-6-10-31(29)34/h3-19,21,35-36H,20H2,1-2H3. The van der Waals surface area contributed by atoms with Crippen molar-refractivity contribution in [2.24, 2.45) is 0 Å². The van der Waals surface area contributed by atoms with Crippen LogP contribution >= 0.6 is 0 Å². The van der Waals surface area contributed by atoms with Crippen molar-refractivity contribution in [3.8, 4) is 22.6 Å². The molecule has 1 aliphatic rings. The summed E-state index contributed by atoms with van der Waals surface area (Å²) in [5, 5.41) is 21.2. The first kappa shape index (κ1) is 22.2. The number of phenolic OH excluding ortho intramolecular Hbond substituents is 2. The molecule has 0 atom stereocenters. The van der Waals surface area contributed by atoms with Crippen molar-refractivity contribution in [2.45, 2.75) is 25.7 Å². The van der Waals surface area contributed by atoms with Crippen molar-refractivity contribution < 1.29 is 10.2 Å². The number of rotatable bonds is 4. The van der Waals surface area contributed by atoms with Crippen LogP contribution in [0.4, 0.5) is 0 Å². The number of aryl methyl sites for hydroxylation is 2. The first-order valence-electron chi connectivity index (χ1n) is 12.4. The van der Waals surface area contributed by atoms with Gasteiger partial charge in [0.25, 0.3) is 0 Å². The van der Waals surface area contributed by atoms with E-state index < -0.39 is 5.41 Å². The van der Waals surface area contributed by atoms with Crippen LogP contribution in [-0.4, -0.2) is 10.2 Å². The van der Waals surface area contributed by atoms with Gasteiger partial charge in [-0.2, -0.15) is 0 Å². The molecule has 2 nitrogen and oxygen atoms in total. The van der Waals surface area contributed by atoms with E-state index in [0.29, 0.717) is 17.9 Å². The van der Waals surface area contributed by atoms with Gasteiger partial charge in [-0.05, 0) is 76.1 Å². The molecule has 6 rings (SSSR count). The van der Waals surface area contributed by atoms with Crippen molar-refractivity contribution in [2.75, 3.05) is 0 Å². The van der Waals surface area contributed by atoms with E-state index in [0.717, 1.165) is 27.8 Å². The molecule has 0 spiro atoms. The van der Waals surface area contributed by atoms with Crippen LogP contribution in [0.2, 0.25) is 0 Å². The topological polar surface area (TPSA) is 40.5 Å². The molecule has 2 N–H and O–H groups in total. The summed E-state index contributed by atoms with van der Waals surface area (Å²) < 4.78 is 0. The van der Waals surface area contributed by atoms with Gasteiger partial charge in [-0.25, -0.2) is 0 Å². The van der Waals surface area contributed by atoms with Gasteiger partial charge >= 0.3 is 0 Å². The highest BCUT2D eigenvalue weighted by atomic mass is 16.3. The van der Waals surface area contributed by atoms with Crippen LogP contribution < -0.4 is 0 Å². The van der Waals surface area contributed by atoms with E-state index in [1.807, 2.05) is 19.1 Å². The molecule has 0 radical (unpaired) electrons. The second-order valence-corrected chi connectivity index (χ2v) is 9.85. The average Bonchev–Trinajstić information content (AvgIpc) is 3.20. The Kier molecular flexibility index (Phi) is 5.19. The van der Waals surface area contributed by atoms with E-state index in [2.05, 4.69) is 97.9 Å². The lowest BCUT2D eigenvalue weighted by molar-refractivity contribution is 0.469. The van der Waals surface area contributed by atoms with Crippen molar-refractivity contribution in [1.29, 1.82) is 0 Å². The molecule has 0 saturated heterocycles. The molecule has 0 bridgehead atoms. The third-order valence-corrected chi connectivity index (χ3v) is 7.61. The largest absolute Gasteiger partial charge is 0.508 e. The summed E-state index contributed by atoms with van der Waals surface area (Å²) >= 11 is 0. The highest BCUT2D eigenvalue weighted by molar-refractivity contribution is 5.86. The Labute approximate surface area is 212 Å². The lowest BCUT2D eigenvalue weighted by atomic mass is 9.67. The molecule has 0 amide bonds. The lowest BCUT2D eigenvalue weighted by Crippen LogP contribution is -2.28. The van der Waals surface area contributed by atoms with Gasteiger partial charge in [0.2, 0.25) is 0 Å². The molecule has 36 heavy (non-hydrogen) atoms. The fourth-order valence-electron chi connectivity index (χ4n) is 5.80. The van der Waals surface area contributed by atoms with Gasteiger partial charge in [0.15, 0.2) is 0 Å². The lowest BCUT2D eigenvalue weighted by Gasteiger charge is -2.34. The predicted octanol–water partition coefficient (Wildman–Crippen LogP) is 7.67. The highest BCUT2D eigenvalue weighted by Gasteiger charge is 2.46. The minimum atomic E-state index is -0.568. The minimum absolute atomic E-state index is 0.291. The van der Waals surface area contributed by atoms with Crippen LogP contribution in [0.3, 0.4) is 0 Å². The van der Waals surface area contributed by atoms with E-state index in [4.69, 9.17) is 0 Å². The number of benzene rings is 5. The molecule has 176 valence electrons. The zero-order valence-corrected chi connectivity index (χ0v) is 20.5. The number of fused-ring (bicyclic) bond motifs is 3. The third kappa shape index (κ3) is 3.33. The minimum Gasteiger partial charge on any atom is -0.508 e. The second-order valence-electron chi connectivity index (χ2n) is 9.85. The van der Waals surface area contributed by atoms with Gasteiger partial charge in [0.1, 0.15) is 11.5 Å². The Hall–Kier alpha value is -4.30. The third-order valence-electron chi connectivity index (χ3n) is 7.61.